The molecular formula is C12H11F2N3O2S. The van der Waals surface area contributed by atoms with Gasteiger partial charge in [-0.15, -0.1) is 5.10 Å². The molecule has 0 aromatic heterocycles. The van der Waals surface area contributed by atoms with Gasteiger partial charge in [0.25, 0.3) is 0 Å². The molecule has 1 aromatic carbocycles. The first kappa shape index (κ1) is 14.4. The minimum absolute atomic E-state index is 0.0166. The number of amidine groups is 1. The zero-order chi connectivity index (χ0) is 14.5. The molecule has 1 unspecified atom stereocenters. The third kappa shape index (κ3) is 3.77. The number of halogens is 2. The van der Waals surface area contributed by atoms with Gasteiger partial charge in [-0.25, -0.2) is 0 Å². The Balaban J connectivity index is 2.08. The van der Waals surface area contributed by atoms with Crippen molar-refractivity contribution < 1.29 is 18.3 Å². The van der Waals surface area contributed by atoms with Gasteiger partial charge in [0.1, 0.15) is 5.75 Å². The summed E-state index contributed by atoms with van der Waals surface area (Å²) in [5, 5.41) is 10.3. The lowest BCUT2D eigenvalue weighted by Crippen LogP contribution is -2.23. The minimum atomic E-state index is -2.90. The summed E-state index contributed by atoms with van der Waals surface area (Å²) >= 11 is 1.25. The maximum absolute atomic E-state index is 12.2. The second-order valence-corrected chi connectivity index (χ2v) is 5.14. The van der Waals surface area contributed by atoms with Crippen LogP contribution in [-0.2, 0) is 4.79 Å². The lowest BCUT2D eigenvalue weighted by Gasteiger charge is -2.06. The number of para-hydroxylation sites is 1. The molecule has 1 fully saturated rings. The monoisotopic (exact) mass is 299 g/mol. The summed E-state index contributed by atoms with van der Waals surface area (Å²) in [5.41, 5.74) is 0.375. The molecule has 0 bridgehead atoms. The molecule has 1 amide bonds. The van der Waals surface area contributed by atoms with Crippen LogP contribution in [0.2, 0.25) is 0 Å². The number of carbonyl (C=O) groups excluding carboxylic acids is 1. The highest BCUT2D eigenvalue weighted by atomic mass is 32.2. The van der Waals surface area contributed by atoms with E-state index in [2.05, 4.69) is 20.3 Å². The molecule has 1 saturated heterocycles. The number of hydrogen-bond donors (Lipinski definition) is 1. The van der Waals surface area contributed by atoms with Gasteiger partial charge >= 0.3 is 6.61 Å². The van der Waals surface area contributed by atoms with Crippen LogP contribution in [0.25, 0.3) is 0 Å². The van der Waals surface area contributed by atoms with Crippen LogP contribution >= 0.6 is 11.8 Å². The van der Waals surface area contributed by atoms with Gasteiger partial charge in [-0.3, -0.25) is 4.79 Å². The van der Waals surface area contributed by atoms with E-state index in [0.717, 1.165) is 0 Å². The molecule has 1 aliphatic rings. The predicted molar refractivity (Wildman–Crippen MR) is 73.3 cm³/mol. The Morgan fingerprint density at radius 3 is 2.85 bits per heavy atom. The number of ether oxygens (including phenoxy) is 1. The number of amides is 1. The van der Waals surface area contributed by atoms with E-state index in [1.807, 2.05) is 0 Å². The van der Waals surface area contributed by atoms with Gasteiger partial charge in [-0.1, -0.05) is 23.9 Å². The average Bonchev–Trinajstić information content (AvgIpc) is 2.70. The van der Waals surface area contributed by atoms with E-state index < -0.39 is 6.61 Å². The Morgan fingerprint density at radius 2 is 2.20 bits per heavy atom. The molecule has 106 valence electrons. The number of hydrogen-bond acceptors (Lipinski definition) is 5. The quantitative estimate of drug-likeness (QED) is 0.685. The SMILES string of the molecule is CC1SC(=N/N=C/c2ccccc2OC(F)F)NC1=O. The predicted octanol–water partition coefficient (Wildman–Crippen LogP) is 2.23. The van der Waals surface area contributed by atoms with Crippen molar-refractivity contribution in [3.8, 4) is 5.75 Å². The molecule has 8 heteroatoms. The summed E-state index contributed by atoms with van der Waals surface area (Å²) < 4.78 is 28.8. The van der Waals surface area contributed by atoms with E-state index >= 15 is 0 Å². The van der Waals surface area contributed by atoms with Crippen LogP contribution in [0.1, 0.15) is 12.5 Å². The Bertz CT molecular complexity index is 563. The topological polar surface area (TPSA) is 63.1 Å². The van der Waals surface area contributed by atoms with Crippen LogP contribution in [-0.4, -0.2) is 29.2 Å². The van der Waals surface area contributed by atoms with Gasteiger partial charge < -0.3 is 10.1 Å². The van der Waals surface area contributed by atoms with Crippen LogP contribution in [0, 0.1) is 0 Å². The number of rotatable bonds is 4. The first-order chi connectivity index (χ1) is 9.56. The van der Waals surface area contributed by atoms with Gasteiger partial charge in [0, 0.05) is 5.56 Å². The molecule has 20 heavy (non-hydrogen) atoms. The molecule has 1 aromatic rings. The highest BCUT2D eigenvalue weighted by molar-refractivity contribution is 8.15. The van der Waals surface area contributed by atoms with Crippen molar-refractivity contribution in [1.29, 1.82) is 0 Å². The van der Waals surface area contributed by atoms with Crippen molar-refractivity contribution in [2.45, 2.75) is 18.8 Å². The van der Waals surface area contributed by atoms with Crippen molar-refractivity contribution in [1.82, 2.24) is 5.32 Å². The first-order valence-electron chi connectivity index (χ1n) is 5.68. The Labute approximate surface area is 118 Å². The number of nitrogens with zero attached hydrogens (tertiary/aromatic N) is 2. The molecular weight excluding hydrogens is 288 g/mol. The van der Waals surface area contributed by atoms with Gasteiger partial charge in [-0.05, 0) is 19.1 Å². The molecule has 2 rings (SSSR count). The van der Waals surface area contributed by atoms with Crippen LogP contribution < -0.4 is 10.1 Å². The van der Waals surface area contributed by atoms with E-state index in [1.165, 1.54) is 24.0 Å². The van der Waals surface area contributed by atoms with Crippen LogP contribution in [0.3, 0.4) is 0 Å². The summed E-state index contributed by atoms with van der Waals surface area (Å²) in [6, 6.07) is 6.23. The summed E-state index contributed by atoms with van der Waals surface area (Å²) in [6.45, 7) is -1.15. The normalized spacial score (nSPS) is 20.9. The smallest absolute Gasteiger partial charge is 0.387 e. The molecule has 0 saturated carbocycles. The first-order valence-corrected chi connectivity index (χ1v) is 6.56. The third-order valence-corrected chi connectivity index (χ3v) is 3.34. The van der Waals surface area contributed by atoms with Crippen LogP contribution in [0.4, 0.5) is 8.78 Å². The molecule has 1 atom stereocenters. The highest BCUT2D eigenvalue weighted by Gasteiger charge is 2.25. The van der Waals surface area contributed by atoms with Crippen LogP contribution in [0.15, 0.2) is 34.5 Å². The minimum Gasteiger partial charge on any atom is -0.434 e. The fourth-order valence-electron chi connectivity index (χ4n) is 1.44. The molecule has 0 aliphatic carbocycles. The summed E-state index contributed by atoms with van der Waals surface area (Å²) in [4.78, 5) is 11.2. The zero-order valence-electron chi connectivity index (χ0n) is 10.4. The van der Waals surface area contributed by atoms with Gasteiger partial charge in [-0.2, -0.15) is 13.9 Å². The van der Waals surface area contributed by atoms with Crippen LogP contribution in [0.5, 0.6) is 5.75 Å². The van der Waals surface area contributed by atoms with Crippen molar-refractivity contribution in [3.63, 3.8) is 0 Å². The molecule has 0 spiro atoms. The molecule has 1 aliphatic heterocycles. The number of alkyl halides is 2. The second kappa shape index (κ2) is 6.47. The average molecular weight is 299 g/mol. The molecule has 1 N–H and O–H groups in total. The number of thioether (sulfide) groups is 1. The fraction of sp³-hybridized carbons (Fsp3) is 0.250. The van der Waals surface area contributed by atoms with E-state index in [4.69, 9.17) is 0 Å². The Hall–Kier alpha value is -1.96. The van der Waals surface area contributed by atoms with E-state index in [-0.39, 0.29) is 16.9 Å². The molecule has 5 nitrogen and oxygen atoms in total. The fourth-order valence-corrected chi connectivity index (χ4v) is 2.19. The van der Waals surface area contributed by atoms with E-state index in [0.29, 0.717) is 10.7 Å². The van der Waals surface area contributed by atoms with Crippen molar-refractivity contribution in [3.05, 3.63) is 29.8 Å². The van der Waals surface area contributed by atoms with E-state index in [9.17, 15) is 13.6 Å². The third-order valence-electron chi connectivity index (χ3n) is 2.37. The maximum Gasteiger partial charge on any atom is 0.387 e. The lowest BCUT2D eigenvalue weighted by molar-refractivity contribution is -0.118. The van der Waals surface area contributed by atoms with Crippen molar-refractivity contribution in [2.75, 3.05) is 0 Å². The largest absolute Gasteiger partial charge is 0.434 e. The molecule has 1 heterocycles. The summed E-state index contributed by atoms with van der Waals surface area (Å²) in [6.07, 6.45) is 1.29. The van der Waals surface area contributed by atoms with Crippen molar-refractivity contribution in [2.24, 2.45) is 10.2 Å². The lowest BCUT2D eigenvalue weighted by atomic mass is 10.2. The number of nitrogens with one attached hydrogen (secondary N) is 1. The second-order valence-electron chi connectivity index (χ2n) is 3.82. The Morgan fingerprint density at radius 1 is 1.45 bits per heavy atom. The summed E-state index contributed by atoms with van der Waals surface area (Å²) in [7, 11) is 0. The number of carbonyl (C=O) groups is 1. The Kier molecular flexibility index (Phi) is 4.67. The van der Waals surface area contributed by atoms with Crippen molar-refractivity contribution >= 4 is 29.1 Å². The maximum atomic E-state index is 12.2. The standard InChI is InChI=1S/C12H11F2N3O2S/c1-7-10(18)16-12(20-7)17-15-6-8-4-2-3-5-9(8)19-11(13)14/h2-7,11H,1H3,(H,16,17,18)/b15-6+. The highest BCUT2D eigenvalue weighted by Crippen LogP contribution is 2.20. The van der Waals surface area contributed by atoms with Gasteiger partial charge in [0.15, 0.2) is 5.17 Å². The molecule has 0 radical (unpaired) electrons. The van der Waals surface area contributed by atoms with Gasteiger partial charge in [0.05, 0.1) is 11.5 Å². The summed E-state index contributed by atoms with van der Waals surface area (Å²) in [5.74, 6) is -0.117. The zero-order valence-corrected chi connectivity index (χ0v) is 11.2. The number of benzene rings is 1. The van der Waals surface area contributed by atoms with Gasteiger partial charge in [0.2, 0.25) is 5.91 Å². The van der Waals surface area contributed by atoms with E-state index in [1.54, 1.807) is 25.1 Å².